The molecule has 0 aromatic heterocycles. The van der Waals surface area contributed by atoms with Crippen molar-refractivity contribution in [3.8, 4) is 0 Å². The maximum atomic E-state index is 11.7. The summed E-state index contributed by atoms with van der Waals surface area (Å²) in [6.45, 7) is -0.878. The molecule has 7 N–H and O–H groups in total. The molecule has 0 aliphatic carbocycles. The lowest BCUT2D eigenvalue weighted by Crippen LogP contribution is -2.63. The number of nitrogens with two attached hydrogens (primary N) is 1. The normalized spacial score (nSPS) is 37.9. The number of ether oxygens (including phenoxy) is 1. The number of urea groups is 1. The van der Waals surface area contributed by atoms with Crippen molar-refractivity contribution in [2.75, 3.05) is 13.3 Å². The van der Waals surface area contributed by atoms with Crippen LogP contribution in [0, 0.1) is 0 Å². The first kappa shape index (κ1) is 13.8. The van der Waals surface area contributed by atoms with Crippen LogP contribution in [0.2, 0.25) is 0 Å². The Morgan fingerprint density at radius 1 is 1.47 bits per heavy atom. The first-order valence-electron chi connectivity index (χ1n) is 5.44. The molecule has 4 atom stereocenters. The highest BCUT2D eigenvalue weighted by atomic mass is 16.6. The number of hydrogen-bond acceptors (Lipinski definition) is 8. The van der Waals surface area contributed by atoms with E-state index in [2.05, 4.69) is 10.4 Å². The van der Waals surface area contributed by atoms with Crippen LogP contribution < -0.4 is 11.2 Å². The Bertz CT molecular complexity index is 392. The predicted octanol–water partition coefficient (Wildman–Crippen LogP) is -3.67. The number of carbonyl (C=O) groups excluding carboxylic acids is 1. The van der Waals surface area contributed by atoms with Crippen LogP contribution in [0.4, 0.5) is 4.79 Å². The summed E-state index contributed by atoms with van der Waals surface area (Å²) >= 11 is 0. The summed E-state index contributed by atoms with van der Waals surface area (Å²) in [6.07, 6.45) is -4.96. The Morgan fingerprint density at radius 3 is 2.68 bits per heavy atom. The van der Waals surface area contributed by atoms with Gasteiger partial charge in [0.2, 0.25) is 5.96 Å². The molecule has 2 aliphatic rings. The van der Waals surface area contributed by atoms with E-state index in [0.29, 0.717) is 5.06 Å². The van der Waals surface area contributed by atoms with Crippen molar-refractivity contribution in [1.82, 2.24) is 15.3 Å². The van der Waals surface area contributed by atoms with Crippen LogP contribution in [0.15, 0.2) is 5.10 Å². The highest BCUT2D eigenvalue weighted by molar-refractivity contribution is 5.97. The van der Waals surface area contributed by atoms with Crippen molar-refractivity contribution in [3.63, 3.8) is 0 Å². The van der Waals surface area contributed by atoms with E-state index in [1.807, 2.05) is 0 Å². The monoisotopic (exact) mass is 277 g/mol. The molecule has 0 aromatic rings. The number of aliphatic hydroxyl groups is 3. The number of hydroxylamine groups is 2. The molecule has 2 aliphatic heterocycles. The summed E-state index contributed by atoms with van der Waals surface area (Å²) in [7, 11) is 0. The van der Waals surface area contributed by atoms with Crippen LogP contribution in [0.5, 0.6) is 0 Å². The second-order valence-corrected chi connectivity index (χ2v) is 4.12. The van der Waals surface area contributed by atoms with Crippen molar-refractivity contribution in [2.45, 2.75) is 24.5 Å². The second kappa shape index (κ2) is 5.14. The molecular weight excluding hydrogens is 262 g/mol. The third-order valence-corrected chi connectivity index (χ3v) is 2.96. The van der Waals surface area contributed by atoms with E-state index in [1.54, 1.807) is 0 Å². The summed E-state index contributed by atoms with van der Waals surface area (Å²) in [5.74, 6) is 4.69. The smallest absolute Gasteiger partial charge is 0.327 e. The number of hydrazone groups is 1. The third kappa shape index (κ3) is 2.29. The molecule has 2 unspecified atom stereocenters. The number of aliphatic hydroxyl groups excluding tert-OH is 3. The zero-order chi connectivity index (χ0) is 14.2. The quantitative estimate of drug-likeness (QED) is 0.222. The van der Waals surface area contributed by atoms with Gasteiger partial charge in [-0.3, -0.25) is 15.4 Å². The van der Waals surface area contributed by atoms with Gasteiger partial charge in [-0.1, -0.05) is 0 Å². The number of guanidine groups is 1. The highest BCUT2D eigenvalue weighted by Gasteiger charge is 2.48. The maximum absolute atomic E-state index is 11.7. The minimum atomic E-state index is -1.41. The van der Waals surface area contributed by atoms with E-state index < -0.39 is 37.2 Å². The van der Waals surface area contributed by atoms with Crippen molar-refractivity contribution < 1.29 is 30.1 Å². The molecule has 0 bridgehead atoms. The summed E-state index contributed by atoms with van der Waals surface area (Å²) < 4.78 is 5.17. The Kier molecular flexibility index (Phi) is 3.73. The molecule has 2 fully saturated rings. The van der Waals surface area contributed by atoms with Crippen LogP contribution in [-0.4, -0.2) is 80.3 Å². The van der Waals surface area contributed by atoms with Crippen molar-refractivity contribution >= 4 is 12.0 Å². The van der Waals surface area contributed by atoms with Gasteiger partial charge in [-0.15, -0.1) is 5.10 Å². The number of nitrogens with zero attached hydrogens (tertiary/aromatic N) is 3. The SMILES string of the molecule is NN=C1NC(=O)N([C@@H]2O[C@H](CO)C(O)C2O)CN1O. The minimum Gasteiger partial charge on any atom is -0.394 e. The fourth-order valence-corrected chi connectivity index (χ4v) is 1.94. The third-order valence-electron chi connectivity index (χ3n) is 2.96. The van der Waals surface area contributed by atoms with Gasteiger partial charge in [-0.2, -0.15) is 0 Å². The average Bonchev–Trinajstić information content (AvgIpc) is 2.68. The molecule has 108 valence electrons. The zero-order valence-corrected chi connectivity index (χ0v) is 9.75. The topological polar surface area (TPSA) is 164 Å². The molecule has 2 saturated heterocycles. The first-order valence-corrected chi connectivity index (χ1v) is 5.44. The predicted molar refractivity (Wildman–Crippen MR) is 58.2 cm³/mol. The minimum absolute atomic E-state index is 0.256. The van der Waals surface area contributed by atoms with E-state index in [1.165, 1.54) is 0 Å². The van der Waals surface area contributed by atoms with E-state index in [0.717, 1.165) is 4.90 Å². The van der Waals surface area contributed by atoms with Gasteiger partial charge >= 0.3 is 6.03 Å². The number of amides is 2. The van der Waals surface area contributed by atoms with Gasteiger partial charge in [0, 0.05) is 0 Å². The molecule has 0 radical (unpaired) electrons. The number of nitrogens with one attached hydrogen (secondary N) is 1. The lowest BCUT2D eigenvalue weighted by molar-refractivity contribution is -0.131. The van der Waals surface area contributed by atoms with Gasteiger partial charge in [0.05, 0.1) is 6.61 Å². The van der Waals surface area contributed by atoms with Gasteiger partial charge in [0.15, 0.2) is 6.23 Å². The number of rotatable bonds is 2. The Balaban J connectivity index is 2.12. The van der Waals surface area contributed by atoms with E-state index in [9.17, 15) is 20.2 Å². The van der Waals surface area contributed by atoms with Crippen LogP contribution in [0.3, 0.4) is 0 Å². The summed E-state index contributed by atoms with van der Waals surface area (Å²) in [6, 6.07) is -0.718. The van der Waals surface area contributed by atoms with Gasteiger partial charge in [0.1, 0.15) is 25.0 Å². The van der Waals surface area contributed by atoms with E-state index in [-0.39, 0.29) is 12.6 Å². The molecule has 0 spiro atoms. The molecule has 19 heavy (non-hydrogen) atoms. The fourth-order valence-electron chi connectivity index (χ4n) is 1.94. The summed E-state index contributed by atoms with van der Waals surface area (Å²) in [5, 5.41) is 43.7. The van der Waals surface area contributed by atoms with Crippen molar-refractivity contribution in [2.24, 2.45) is 10.9 Å². The van der Waals surface area contributed by atoms with E-state index in [4.69, 9.17) is 15.7 Å². The van der Waals surface area contributed by atoms with Crippen molar-refractivity contribution in [1.29, 1.82) is 0 Å². The molecule has 2 rings (SSSR count). The lowest BCUT2D eigenvalue weighted by atomic mass is 10.1. The molecule has 11 heteroatoms. The first-order chi connectivity index (χ1) is 8.99. The number of hydrogen-bond donors (Lipinski definition) is 6. The van der Waals surface area contributed by atoms with Crippen LogP contribution in [-0.2, 0) is 4.74 Å². The maximum Gasteiger partial charge on any atom is 0.327 e. The lowest BCUT2D eigenvalue weighted by Gasteiger charge is -2.37. The largest absolute Gasteiger partial charge is 0.394 e. The molecule has 0 aromatic carbocycles. The van der Waals surface area contributed by atoms with Gasteiger partial charge in [-0.25, -0.2) is 9.86 Å². The molecule has 0 saturated carbocycles. The highest BCUT2D eigenvalue weighted by Crippen LogP contribution is 2.25. The number of carbonyl (C=O) groups is 1. The Labute approximate surface area is 107 Å². The second-order valence-electron chi connectivity index (χ2n) is 4.12. The summed E-state index contributed by atoms with van der Waals surface area (Å²) in [4.78, 5) is 12.7. The van der Waals surface area contributed by atoms with Crippen LogP contribution >= 0.6 is 0 Å². The van der Waals surface area contributed by atoms with E-state index >= 15 is 0 Å². The zero-order valence-electron chi connectivity index (χ0n) is 9.75. The van der Waals surface area contributed by atoms with Crippen LogP contribution in [0.1, 0.15) is 0 Å². The van der Waals surface area contributed by atoms with Gasteiger partial charge in [-0.05, 0) is 0 Å². The standard InChI is InChI=1S/C8H15N5O6/c9-11-7-10-8(17)12(2-13(7)18)6-5(16)4(15)3(1-14)19-6/h3-6,14-16,18H,1-2,9H2,(H,10,11,17)/t3-,4?,5?,6-/m1/s1. The van der Waals surface area contributed by atoms with Crippen LogP contribution in [0.25, 0.3) is 0 Å². The summed E-state index contributed by atoms with van der Waals surface area (Å²) in [5.41, 5.74) is 0. The Morgan fingerprint density at radius 2 is 2.16 bits per heavy atom. The molecule has 2 heterocycles. The fraction of sp³-hybridized carbons (Fsp3) is 0.750. The average molecular weight is 277 g/mol. The molecule has 2 amide bonds. The Hall–Kier alpha value is -1.66. The van der Waals surface area contributed by atoms with Gasteiger partial charge in [0.25, 0.3) is 0 Å². The molecule has 11 nitrogen and oxygen atoms in total. The molecular formula is C8H15N5O6. The van der Waals surface area contributed by atoms with Crippen molar-refractivity contribution in [3.05, 3.63) is 0 Å². The van der Waals surface area contributed by atoms with Gasteiger partial charge < -0.3 is 25.9 Å².